The molecule has 0 aliphatic heterocycles. The number of aromatic nitrogens is 2. The zero-order valence-corrected chi connectivity index (χ0v) is 9.30. The summed E-state index contributed by atoms with van der Waals surface area (Å²) in [5, 5.41) is 11.3. The predicted molar refractivity (Wildman–Crippen MR) is 57.0 cm³/mol. The van der Waals surface area contributed by atoms with Crippen molar-refractivity contribution in [2.75, 3.05) is 0 Å². The Morgan fingerprint density at radius 2 is 2.31 bits per heavy atom. The summed E-state index contributed by atoms with van der Waals surface area (Å²) in [5.41, 5.74) is 0.227. The summed E-state index contributed by atoms with van der Waals surface area (Å²) in [4.78, 5) is 26.3. The molecule has 0 aliphatic rings. The molecular weight excluding hydrogens is 210 g/mol. The smallest absolute Gasteiger partial charge is 0.326 e. The van der Waals surface area contributed by atoms with Gasteiger partial charge in [-0.1, -0.05) is 13.3 Å². The Morgan fingerprint density at radius 3 is 2.75 bits per heavy atom. The number of nitrogens with zero attached hydrogens (tertiary/aromatic N) is 2. The molecule has 1 amide bonds. The zero-order valence-electron chi connectivity index (χ0n) is 9.30. The van der Waals surface area contributed by atoms with Crippen LogP contribution in [0, 0.1) is 0 Å². The fraction of sp³-hybridized carbons (Fsp3) is 0.500. The Balaban J connectivity index is 2.65. The van der Waals surface area contributed by atoms with Gasteiger partial charge in [0.05, 0.1) is 6.33 Å². The van der Waals surface area contributed by atoms with E-state index in [1.165, 1.54) is 6.33 Å². The van der Waals surface area contributed by atoms with Crippen LogP contribution in [0.1, 0.15) is 30.3 Å². The maximum atomic E-state index is 11.6. The van der Waals surface area contributed by atoms with Crippen molar-refractivity contribution in [3.8, 4) is 0 Å². The molecule has 0 bridgehead atoms. The highest BCUT2D eigenvalue weighted by Crippen LogP contribution is 2.00. The van der Waals surface area contributed by atoms with Gasteiger partial charge in [0.1, 0.15) is 11.7 Å². The maximum absolute atomic E-state index is 11.6. The first-order valence-electron chi connectivity index (χ1n) is 5.06. The molecule has 88 valence electrons. The van der Waals surface area contributed by atoms with Gasteiger partial charge in [0, 0.05) is 13.2 Å². The number of aryl methyl sites for hydroxylation is 1. The quantitative estimate of drug-likeness (QED) is 0.759. The van der Waals surface area contributed by atoms with Crippen molar-refractivity contribution in [1.29, 1.82) is 0 Å². The molecule has 6 nitrogen and oxygen atoms in total. The minimum atomic E-state index is -1.02. The van der Waals surface area contributed by atoms with E-state index in [2.05, 4.69) is 10.3 Å². The van der Waals surface area contributed by atoms with Crippen LogP contribution in [0.2, 0.25) is 0 Å². The molecule has 1 rings (SSSR count). The maximum Gasteiger partial charge on any atom is 0.326 e. The summed E-state index contributed by atoms with van der Waals surface area (Å²) in [6, 6.07) is -0.848. The standard InChI is InChI=1S/C10H15N3O3/c1-3-4-7(10(15)16)12-9(14)8-5-13(2)6-11-8/h5-7H,3-4H2,1-2H3,(H,12,14)(H,15,16)/t7-/m0/s1. The molecule has 2 N–H and O–H groups in total. The third-order valence-corrected chi connectivity index (χ3v) is 2.12. The molecule has 0 unspecified atom stereocenters. The predicted octanol–water partition coefficient (Wildman–Crippen LogP) is 0.403. The average Bonchev–Trinajstić information content (AvgIpc) is 2.64. The van der Waals surface area contributed by atoms with Gasteiger partial charge >= 0.3 is 5.97 Å². The van der Waals surface area contributed by atoms with E-state index in [1.54, 1.807) is 17.8 Å². The Bertz CT molecular complexity index is 386. The fourth-order valence-corrected chi connectivity index (χ4v) is 1.31. The van der Waals surface area contributed by atoms with Crippen molar-refractivity contribution in [3.63, 3.8) is 0 Å². The average molecular weight is 225 g/mol. The van der Waals surface area contributed by atoms with Gasteiger partial charge in [-0.05, 0) is 6.42 Å². The Kier molecular flexibility index (Phi) is 4.04. The topological polar surface area (TPSA) is 84.2 Å². The van der Waals surface area contributed by atoms with Crippen LogP contribution in [0.3, 0.4) is 0 Å². The summed E-state index contributed by atoms with van der Waals surface area (Å²) in [7, 11) is 1.74. The second kappa shape index (κ2) is 5.29. The fourth-order valence-electron chi connectivity index (χ4n) is 1.31. The van der Waals surface area contributed by atoms with Crippen LogP contribution in [0.15, 0.2) is 12.5 Å². The molecule has 0 spiro atoms. The number of carboxylic acid groups (broad SMARTS) is 1. The van der Waals surface area contributed by atoms with Crippen molar-refractivity contribution in [3.05, 3.63) is 18.2 Å². The van der Waals surface area contributed by atoms with E-state index in [9.17, 15) is 9.59 Å². The summed E-state index contributed by atoms with van der Waals surface area (Å²) >= 11 is 0. The van der Waals surface area contributed by atoms with Gasteiger partial charge in [-0.2, -0.15) is 0 Å². The molecular formula is C10H15N3O3. The lowest BCUT2D eigenvalue weighted by Crippen LogP contribution is -2.40. The van der Waals surface area contributed by atoms with Crippen LogP contribution >= 0.6 is 0 Å². The van der Waals surface area contributed by atoms with Crippen molar-refractivity contribution >= 4 is 11.9 Å². The molecule has 0 aromatic carbocycles. The number of nitrogens with one attached hydrogen (secondary N) is 1. The lowest BCUT2D eigenvalue weighted by Gasteiger charge is -2.12. The van der Waals surface area contributed by atoms with Gasteiger partial charge < -0.3 is 15.0 Å². The lowest BCUT2D eigenvalue weighted by molar-refractivity contribution is -0.139. The second-order valence-electron chi connectivity index (χ2n) is 3.58. The highest BCUT2D eigenvalue weighted by molar-refractivity contribution is 5.94. The molecule has 1 aromatic heterocycles. The van der Waals surface area contributed by atoms with Gasteiger partial charge in [0.2, 0.25) is 0 Å². The Hall–Kier alpha value is -1.85. The van der Waals surface area contributed by atoms with Gasteiger partial charge in [0.25, 0.3) is 5.91 Å². The number of hydrogen-bond donors (Lipinski definition) is 2. The van der Waals surface area contributed by atoms with Crippen LogP contribution < -0.4 is 5.32 Å². The normalized spacial score (nSPS) is 12.1. The summed E-state index contributed by atoms with van der Waals surface area (Å²) in [6.45, 7) is 1.86. The van der Waals surface area contributed by atoms with E-state index in [0.717, 1.165) is 0 Å². The third-order valence-electron chi connectivity index (χ3n) is 2.12. The number of imidazole rings is 1. The number of hydrogen-bond acceptors (Lipinski definition) is 3. The van der Waals surface area contributed by atoms with E-state index in [0.29, 0.717) is 12.8 Å². The van der Waals surface area contributed by atoms with Crippen molar-refractivity contribution in [2.24, 2.45) is 7.05 Å². The number of carbonyl (C=O) groups is 2. The van der Waals surface area contributed by atoms with E-state index in [-0.39, 0.29) is 5.69 Å². The summed E-state index contributed by atoms with van der Waals surface area (Å²) in [6.07, 6.45) is 4.14. The number of carbonyl (C=O) groups excluding carboxylic acids is 1. The van der Waals surface area contributed by atoms with E-state index < -0.39 is 17.9 Å². The first-order valence-corrected chi connectivity index (χ1v) is 5.06. The number of amides is 1. The monoisotopic (exact) mass is 225 g/mol. The molecule has 0 saturated heterocycles. The molecule has 0 fully saturated rings. The van der Waals surface area contributed by atoms with E-state index in [4.69, 9.17) is 5.11 Å². The molecule has 0 saturated carbocycles. The Labute approximate surface area is 93.3 Å². The minimum Gasteiger partial charge on any atom is -0.480 e. The first-order chi connectivity index (χ1) is 7.54. The number of carboxylic acids is 1. The molecule has 1 heterocycles. The van der Waals surface area contributed by atoms with Crippen LogP contribution in [0.25, 0.3) is 0 Å². The summed E-state index contributed by atoms with van der Waals surface area (Å²) < 4.78 is 1.63. The van der Waals surface area contributed by atoms with Gasteiger partial charge in [-0.3, -0.25) is 4.79 Å². The SMILES string of the molecule is CCC[C@H](NC(=O)c1cn(C)cn1)C(=O)O. The zero-order chi connectivity index (χ0) is 12.1. The van der Waals surface area contributed by atoms with Gasteiger partial charge in [-0.15, -0.1) is 0 Å². The van der Waals surface area contributed by atoms with Crippen molar-refractivity contribution < 1.29 is 14.7 Å². The second-order valence-corrected chi connectivity index (χ2v) is 3.58. The summed E-state index contributed by atoms with van der Waals surface area (Å²) in [5.74, 6) is -1.48. The Morgan fingerprint density at radius 1 is 1.62 bits per heavy atom. The van der Waals surface area contributed by atoms with Crippen molar-refractivity contribution in [2.45, 2.75) is 25.8 Å². The first kappa shape index (κ1) is 12.2. The van der Waals surface area contributed by atoms with Gasteiger partial charge in [0.15, 0.2) is 0 Å². The van der Waals surface area contributed by atoms with Crippen molar-refractivity contribution in [1.82, 2.24) is 14.9 Å². The van der Waals surface area contributed by atoms with Crippen LogP contribution in [-0.2, 0) is 11.8 Å². The number of rotatable bonds is 5. The van der Waals surface area contributed by atoms with Crippen LogP contribution in [0.4, 0.5) is 0 Å². The molecule has 16 heavy (non-hydrogen) atoms. The molecule has 1 atom stereocenters. The van der Waals surface area contributed by atoms with E-state index in [1.807, 2.05) is 6.92 Å². The lowest BCUT2D eigenvalue weighted by atomic mass is 10.1. The molecule has 0 aliphatic carbocycles. The molecule has 0 radical (unpaired) electrons. The minimum absolute atomic E-state index is 0.227. The molecule has 6 heteroatoms. The van der Waals surface area contributed by atoms with Crippen LogP contribution in [0.5, 0.6) is 0 Å². The van der Waals surface area contributed by atoms with E-state index >= 15 is 0 Å². The largest absolute Gasteiger partial charge is 0.480 e. The highest BCUT2D eigenvalue weighted by atomic mass is 16.4. The van der Waals surface area contributed by atoms with Gasteiger partial charge in [-0.25, -0.2) is 9.78 Å². The number of aliphatic carboxylic acids is 1. The van der Waals surface area contributed by atoms with Crippen LogP contribution in [-0.4, -0.2) is 32.6 Å². The third kappa shape index (κ3) is 3.08. The highest BCUT2D eigenvalue weighted by Gasteiger charge is 2.20. The molecule has 1 aromatic rings.